The lowest BCUT2D eigenvalue weighted by Crippen LogP contribution is -2.38. The maximum Gasteiger partial charge on any atom is 0.416 e. The average Bonchev–Trinajstić information content (AvgIpc) is 3.12. The van der Waals surface area contributed by atoms with Crippen molar-refractivity contribution in [2.75, 3.05) is 0 Å². The van der Waals surface area contributed by atoms with Gasteiger partial charge in [0.15, 0.2) is 11.8 Å². The van der Waals surface area contributed by atoms with Gasteiger partial charge in [0.1, 0.15) is 5.58 Å². The van der Waals surface area contributed by atoms with E-state index in [4.69, 9.17) is 4.42 Å². The van der Waals surface area contributed by atoms with Crippen LogP contribution in [0.5, 0.6) is 0 Å². The summed E-state index contributed by atoms with van der Waals surface area (Å²) in [4.78, 5) is 23.5. The average molecular weight is 458 g/mol. The quantitative estimate of drug-likeness (QED) is 0.522. The first-order valence-electron chi connectivity index (χ1n) is 9.16. The molecular formula is C21H16F6N2O3. The zero-order valence-electron chi connectivity index (χ0n) is 16.4. The Labute approximate surface area is 177 Å². The summed E-state index contributed by atoms with van der Waals surface area (Å²) >= 11 is 0. The van der Waals surface area contributed by atoms with Gasteiger partial charge in [-0.1, -0.05) is 18.2 Å². The summed E-state index contributed by atoms with van der Waals surface area (Å²) in [6.45, 7) is 1.53. The third-order valence-corrected chi connectivity index (χ3v) is 4.50. The number of carbonyl (C=O) groups is 2. The van der Waals surface area contributed by atoms with E-state index in [-0.39, 0.29) is 18.0 Å². The van der Waals surface area contributed by atoms with E-state index >= 15 is 0 Å². The standard InChI is InChI=1S/C21H16F6N2O3/c1-11(30)28-10-12-5-6-16-14(7-12)9-17(32-16)19(31)29-18(21(25,26)27)13-3-2-4-15(8-13)20(22,23)24/h2-9,18H,10H2,1H3,(H,28,30)(H,29,31). The maximum atomic E-state index is 13.6. The first kappa shape index (κ1) is 23.2. The first-order chi connectivity index (χ1) is 14.8. The number of alkyl halides is 6. The SMILES string of the molecule is CC(=O)NCc1ccc2oc(C(=O)NC(c3cccc(C(F)(F)F)c3)C(F)(F)F)cc2c1. The van der Waals surface area contributed by atoms with E-state index in [1.54, 1.807) is 17.4 Å². The summed E-state index contributed by atoms with van der Waals surface area (Å²) < 4.78 is 84.7. The van der Waals surface area contributed by atoms with Crippen molar-refractivity contribution in [3.63, 3.8) is 0 Å². The monoisotopic (exact) mass is 458 g/mol. The number of benzene rings is 2. The Morgan fingerprint density at radius 1 is 1.00 bits per heavy atom. The van der Waals surface area contributed by atoms with E-state index in [0.717, 1.165) is 12.1 Å². The van der Waals surface area contributed by atoms with Crippen molar-refractivity contribution < 1.29 is 40.3 Å². The van der Waals surface area contributed by atoms with Gasteiger partial charge in [0, 0.05) is 18.9 Å². The molecule has 0 aliphatic rings. The van der Waals surface area contributed by atoms with Crippen molar-refractivity contribution in [2.45, 2.75) is 31.9 Å². The predicted molar refractivity (Wildman–Crippen MR) is 101 cm³/mol. The molecule has 2 N–H and O–H groups in total. The van der Waals surface area contributed by atoms with Crippen LogP contribution in [0.2, 0.25) is 0 Å². The summed E-state index contributed by atoms with van der Waals surface area (Å²) in [7, 11) is 0. The number of rotatable bonds is 5. The summed E-state index contributed by atoms with van der Waals surface area (Å²) in [6.07, 6.45) is -9.90. The molecule has 5 nitrogen and oxygen atoms in total. The molecule has 32 heavy (non-hydrogen) atoms. The van der Waals surface area contributed by atoms with E-state index in [2.05, 4.69) is 5.32 Å². The number of hydrogen-bond donors (Lipinski definition) is 2. The highest BCUT2D eigenvalue weighted by molar-refractivity contribution is 5.96. The molecule has 0 bridgehead atoms. The Morgan fingerprint density at radius 2 is 1.72 bits per heavy atom. The van der Waals surface area contributed by atoms with Gasteiger partial charge < -0.3 is 15.1 Å². The van der Waals surface area contributed by atoms with Crippen LogP contribution < -0.4 is 10.6 Å². The van der Waals surface area contributed by atoms with Crippen LogP contribution in [0.4, 0.5) is 26.3 Å². The fourth-order valence-corrected chi connectivity index (χ4v) is 2.99. The highest BCUT2D eigenvalue weighted by atomic mass is 19.4. The van der Waals surface area contributed by atoms with Crippen LogP contribution in [0.3, 0.4) is 0 Å². The fraction of sp³-hybridized carbons (Fsp3) is 0.238. The zero-order valence-corrected chi connectivity index (χ0v) is 16.4. The number of nitrogens with one attached hydrogen (secondary N) is 2. The molecule has 0 fully saturated rings. The number of carbonyl (C=O) groups excluding carboxylic acids is 2. The van der Waals surface area contributed by atoms with E-state index in [1.807, 2.05) is 0 Å². The third kappa shape index (κ3) is 5.40. The highest BCUT2D eigenvalue weighted by Gasteiger charge is 2.43. The number of fused-ring (bicyclic) bond motifs is 1. The van der Waals surface area contributed by atoms with Crippen molar-refractivity contribution in [3.8, 4) is 0 Å². The minimum atomic E-state index is -5.06. The van der Waals surface area contributed by atoms with Gasteiger partial charge in [0.25, 0.3) is 5.91 Å². The molecule has 1 unspecified atom stereocenters. The number of hydrogen-bond acceptors (Lipinski definition) is 3. The maximum absolute atomic E-state index is 13.6. The molecule has 3 rings (SSSR count). The lowest BCUT2D eigenvalue weighted by molar-refractivity contribution is -0.156. The summed E-state index contributed by atoms with van der Waals surface area (Å²) in [5, 5.41) is 4.68. The molecule has 0 saturated heterocycles. The van der Waals surface area contributed by atoms with Crippen LogP contribution in [0.15, 0.2) is 52.9 Å². The van der Waals surface area contributed by atoms with Crippen molar-refractivity contribution in [3.05, 3.63) is 71.0 Å². The van der Waals surface area contributed by atoms with Gasteiger partial charge >= 0.3 is 12.4 Å². The van der Waals surface area contributed by atoms with Crippen molar-refractivity contribution in [1.82, 2.24) is 10.6 Å². The second-order valence-corrected chi connectivity index (χ2v) is 6.96. The van der Waals surface area contributed by atoms with Gasteiger partial charge in [-0.3, -0.25) is 9.59 Å². The molecule has 11 heteroatoms. The lowest BCUT2D eigenvalue weighted by Gasteiger charge is -2.22. The molecule has 0 saturated carbocycles. The fourth-order valence-electron chi connectivity index (χ4n) is 2.99. The molecule has 3 aromatic rings. The second kappa shape index (κ2) is 8.56. The van der Waals surface area contributed by atoms with E-state index in [1.165, 1.54) is 19.1 Å². The Balaban J connectivity index is 1.87. The zero-order chi connectivity index (χ0) is 23.7. The van der Waals surface area contributed by atoms with Gasteiger partial charge in [-0.2, -0.15) is 26.3 Å². The molecule has 1 atom stereocenters. The molecule has 1 aromatic heterocycles. The van der Waals surface area contributed by atoms with E-state index < -0.39 is 41.2 Å². The van der Waals surface area contributed by atoms with Crippen LogP contribution in [0, 0.1) is 0 Å². The van der Waals surface area contributed by atoms with Crippen LogP contribution in [-0.2, 0) is 17.5 Å². The number of furan rings is 1. The van der Waals surface area contributed by atoms with Crippen LogP contribution in [0.1, 0.15) is 40.2 Å². The van der Waals surface area contributed by atoms with Crippen LogP contribution in [0.25, 0.3) is 11.0 Å². The van der Waals surface area contributed by atoms with E-state index in [0.29, 0.717) is 23.1 Å². The summed E-state index contributed by atoms with van der Waals surface area (Å²) in [5.74, 6) is -1.95. The molecular weight excluding hydrogens is 442 g/mol. The van der Waals surface area contributed by atoms with Gasteiger partial charge in [0.2, 0.25) is 5.91 Å². The van der Waals surface area contributed by atoms with Gasteiger partial charge in [-0.15, -0.1) is 0 Å². The molecule has 1 heterocycles. The largest absolute Gasteiger partial charge is 0.451 e. The Kier molecular flexibility index (Phi) is 6.20. The molecule has 0 aliphatic heterocycles. The number of amides is 2. The Morgan fingerprint density at radius 3 is 2.34 bits per heavy atom. The Bertz CT molecular complexity index is 1150. The molecule has 2 aromatic carbocycles. The topological polar surface area (TPSA) is 71.3 Å². The lowest BCUT2D eigenvalue weighted by atomic mass is 10.0. The van der Waals surface area contributed by atoms with Crippen molar-refractivity contribution >= 4 is 22.8 Å². The van der Waals surface area contributed by atoms with Gasteiger partial charge in [-0.05, 0) is 41.5 Å². The molecule has 0 aliphatic carbocycles. The minimum Gasteiger partial charge on any atom is -0.451 e. The van der Waals surface area contributed by atoms with Gasteiger partial charge in [-0.25, -0.2) is 0 Å². The summed E-state index contributed by atoms with van der Waals surface area (Å²) in [5.41, 5.74) is -1.16. The molecule has 0 radical (unpaired) electrons. The van der Waals surface area contributed by atoms with Gasteiger partial charge in [0.05, 0.1) is 5.56 Å². The van der Waals surface area contributed by atoms with Crippen LogP contribution >= 0.6 is 0 Å². The van der Waals surface area contributed by atoms with Crippen LogP contribution in [-0.4, -0.2) is 18.0 Å². The highest BCUT2D eigenvalue weighted by Crippen LogP contribution is 2.36. The van der Waals surface area contributed by atoms with E-state index in [9.17, 15) is 35.9 Å². The Hall–Kier alpha value is -3.50. The first-order valence-corrected chi connectivity index (χ1v) is 9.16. The smallest absolute Gasteiger partial charge is 0.416 e. The predicted octanol–water partition coefficient (Wildman–Crippen LogP) is 5.12. The third-order valence-electron chi connectivity index (χ3n) is 4.50. The molecule has 170 valence electrons. The molecule has 0 spiro atoms. The molecule has 2 amide bonds. The summed E-state index contributed by atoms with van der Waals surface area (Å²) in [6, 6.07) is 5.85. The van der Waals surface area contributed by atoms with Crippen molar-refractivity contribution in [2.24, 2.45) is 0 Å². The normalized spacial score (nSPS) is 13.1. The minimum absolute atomic E-state index is 0.198. The second-order valence-electron chi connectivity index (χ2n) is 6.96. The number of halogens is 6. The van der Waals surface area contributed by atoms with Crippen molar-refractivity contribution in [1.29, 1.82) is 0 Å².